The Hall–Kier alpha value is -1.06. The topological polar surface area (TPSA) is 57.6 Å². The van der Waals surface area contributed by atoms with Crippen LogP contribution in [0.2, 0.25) is 0 Å². The highest BCUT2D eigenvalue weighted by Crippen LogP contribution is 2.61. The predicted octanol–water partition coefficient (Wildman–Crippen LogP) is 2.53. The van der Waals surface area contributed by atoms with Gasteiger partial charge in [0.15, 0.2) is 0 Å². The Kier molecular flexibility index (Phi) is 3.05. The maximum absolute atomic E-state index is 12.5. The normalized spacial score (nSPS) is 41.1. The lowest BCUT2D eigenvalue weighted by Crippen LogP contribution is -2.53. The molecule has 116 valence electrons. The van der Waals surface area contributed by atoms with Gasteiger partial charge in [-0.3, -0.25) is 9.59 Å². The van der Waals surface area contributed by atoms with Crippen LogP contribution in [-0.2, 0) is 9.59 Å². The van der Waals surface area contributed by atoms with E-state index < -0.39 is 5.97 Å². The van der Waals surface area contributed by atoms with Crippen molar-refractivity contribution in [2.75, 3.05) is 13.1 Å². The Bertz CT molecular complexity index is 431. The van der Waals surface area contributed by atoms with Crippen molar-refractivity contribution in [3.63, 3.8) is 0 Å². The molecule has 0 radical (unpaired) electrons. The molecule has 4 aliphatic carbocycles. The van der Waals surface area contributed by atoms with Gasteiger partial charge < -0.3 is 10.0 Å². The number of carboxylic acids is 1. The summed E-state index contributed by atoms with van der Waals surface area (Å²) in [5.41, 5.74) is 0.309. The zero-order valence-corrected chi connectivity index (χ0v) is 12.6. The number of carbonyl (C=O) groups excluding carboxylic acids is 1. The van der Waals surface area contributed by atoms with Crippen LogP contribution in [0.4, 0.5) is 0 Å². The van der Waals surface area contributed by atoms with Crippen molar-refractivity contribution in [1.29, 1.82) is 0 Å². The third kappa shape index (κ3) is 2.47. The fourth-order valence-corrected chi connectivity index (χ4v) is 6.09. The van der Waals surface area contributed by atoms with Gasteiger partial charge in [0.25, 0.3) is 0 Å². The van der Waals surface area contributed by atoms with Crippen molar-refractivity contribution in [2.45, 2.75) is 51.4 Å². The van der Waals surface area contributed by atoms with Gasteiger partial charge in [-0.05, 0) is 61.7 Å². The molecule has 4 nitrogen and oxygen atoms in total. The van der Waals surface area contributed by atoms with Crippen LogP contribution in [-0.4, -0.2) is 35.0 Å². The lowest BCUT2D eigenvalue weighted by atomic mass is 9.49. The van der Waals surface area contributed by atoms with Crippen molar-refractivity contribution in [3.8, 4) is 0 Å². The summed E-state index contributed by atoms with van der Waals surface area (Å²) in [5, 5.41) is 8.78. The predicted molar refractivity (Wildman–Crippen MR) is 77.5 cm³/mol. The Morgan fingerprint density at radius 3 is 2.00 bits per heavy atom. The van der Waals surface area contributed by atoms with Crippen LogP contribution >= 0.6 is 0 Å². The highest BCUT2D eigenvalue weighted by Gasteiger charge is 2.52. The number of carboxylic acid groups (broad SMARTS) is 1. The first-order chi connectivity index (χ1) is 10.0. The minimum atomic E-state index is -0.742. The monoisotopic (exact) mass is 291 g/mol. The van der Waals surface area contributed by atoms with Crippen molar-refractivity contribution < 1.29 is 14.7 Å². The second-order valence-electron chi connectivity index (χ2n) is 8.36. The minimum absolute atomic E-state index is 0.183. The maximum atomic E-state index is 12.5. The number of rotatable bonds is 4. The van der Waals surface area contributed by atoms with Gasteiger partial charge in [-0.2, -0.15) is 0 Å². The van der Waals surface area contributed by atoms with Gasteiger partial charge in [-0.1, -0.05) is 0 Å². The third-order valence-corrected chi connectivity index (χ3v) is 6.46. The SMILES string of the molecule is O=C(O)CC1CN(C(=O)CC23CC4CC(CC(C4)C2)C3)C1. The van der Waals surface area contributed by atoms with Crippen LogP contribution in [0, 0.1) is 29.1 Å². The van der Waals surface area contributed by atoms with Crippen molar-refractivity contribution in [1.82, 2.24) is 4.90 Å². The summed E-state index contributed by atoms with van der Waals surface area (Å²) in [6, 6.07) is 0. The van der Waals surface area contributed by atoms with E-state index in [2.05, 4.69) is 0 Å². The summed E-state index contributed by atoms with van der Waals surface area (Å²) in [5.74, 6) is 2.40. The zero-order valence-electron chi connectivity index (χ0n) is 12.6. The van der Waals surface area contributed by atoms with Gasteiger partial charge in [-0.15, -0.1) is 0 Å². The van der Waals surface area contributed by atoms with Crippen LogP contribution in [0.1, 0.15) is 51.4 Å². The summed E-state index contributed by atoms with van der Waals surface area (Å²) in [6.45, 7) is 1.33. The summed E-state index contributed by atoms with van der Waals surface area (Å²) < 4.78 is 0. The molecule has 1 N–H and O–H groups in total. The maximum Gasteiger partial charge on any atom is 0.303 e. The molecular weight excluding hydrogens is 266 g/mol. The minimum Gasteiger partial charge on any atom is -0.481 e. The molecule has 0 unspecified atom stereocenters. The smallest absolute Gasteiger partial charge is 0.303 e. The van der Waals surface area contributed by atoms with E-state index in [9.17, 15) is 9.59 Å². The summed E-state index contributed by atoms with van der Waals surface area (Å²) in [7, 11) is 0. The van der Waals surface area contributed by atoms with E-state index in [1.807, 2.05) is 4.90 Å². The lowest BCUT2D eigenvalue weighted by Gasteiger charge is -2.57. The van der Waals surface area contributed by atoms with E-state index in [4.69, 9.17) is 5.11 Å². The second kappa shape index (κ2) is 4.72. The molecule has 5 rings (SSSR count). The number of carbonyl (C=O) groups is 2. The average molecular weight is 291 g/mol. The zero-order chi connectivity index (χ0) is 14.6. The molecule has 4 saturated carbocycles. The molecule has 1 aliphatic heterocycles. The molecule has 0 aromatic carbocycles. The van der Waals surface area contributed by atoms with E-state index in [1.54, 1.807) is 0 Å². The molecule has 0 atom stereocenters. The molecule has 1 heterocycles. The molecule has 4 bridgehead atoms. The number of hydrogen-bond donors (Lipinski definition) is 1. The van der Waals surface area contributed by atoms with Gasteiger partial charge in [0.1, 0.15) is 0 Å². The summed E-state index contributed by atoms with van der Waals surface area (Å²) >= 11 is 0. The molecular formula is C17H25NO3. The third-order valence-electron chi connectivity index (χ3n) is 6.46. The van der Waals surface area contributed by atoms with E-state index in [1.165, 1.54) is 38.5 Å². The number of aliphatic carboxylic acids is 1. The Labute approximate surface area is 125 Å². The van der Waals surface area contributed by atoms with E-state index >= 15 is 0 Å². The molecule has 5 fully saturated rings. The van der Waals surface area contributed by atoms with E-state index in [-0.39, 0.29) is 12.3 Å². The van der Waals surface area contributed by atoms with Gasteiger partial charge >= 0.3 is 5.97 Å². The first kappa shape index (κ1) is 13.6. The van der Waals surface area contributed by atoms with Crippen molar-refractivity contribution >= 4 is 11.9 Å². The fraction of sp³-hybridized carbons (Fsp3) is 0.882. The van der Waals surface area contributed by atoms with Crippen LogP contribution in [0.5, 0.6) is 0 Å². The molecule has 5 aliphatic rings. The van der Waals surface area contributed by atoms with Crippen molar-refractivity contribution in [3.05, 3.63) is 0 Å². The highest BCUT2D eigenvalue weighted by atomic mass is 16.4. The largest absolute Gasteiger partial charge is 0.481 e. The molecule has 4 heteroatoms. The van der Waals surface area contributed by atoms with E-state index in [0.29, 0.717) is 24.4 Å². The number of hydrogen-bond acceptors (Lipinski definition) is 2. The average Bonchev–Trinajstić information content (AvgIpc) is 2.30. The van der Waals surface area contributed by atoms with Gasteiger partial charge in [0.05, 0.1) is 6.42 Å². The Morgan fingerprint density at radius 2 is 1.52 bits per heavy atom. The summed E-state index contributed by atoms with van der Waals surface area (Å²) in [4.78, 5) is 25.1. The highest BCUT2D eigenvalue weighted by molar-refractivity contribution is 5.78. The second-order valence-corrected chi connectivity index (χ2v) is 8.36. The standard InChI is InChI=1S/C17H25NO3/c19-15(18-9-14(10-18)4-16(20)21)8-17-5-11-1-12(6-17)3-13(2-11)7-17/h11-14H,1-10H2,(H,20,21). The van der Waals surface area contributed by atoms with Gasteiger partial charge in [-0.25, -0.2) is 0 Å². The van der Waals surface area contributed by atoms with E-state index in [0.717, 1.165) is 24.2 Å². The lowest BCUT2D eigenvalue weighted by molar-refractivity contribution is -0.149. The van der Waals surface area contributed by atoms with Gasteiger partial charge in [0.2, 0.25) is 5.91 Å². The Balaban J connectivity index is 1.34. The number of nitrogens with zero attached hydrogens (tertiary/aromatic N) is 1. The quantitative estimate of drug-likeness (QED) is 0.866. The first-order valence-corrected chi connectivity index (χ1v) is 8.51. The van der Waals surface area contributed by atoms with Gasteiger partial charge in [0, 0.05) is 25.4 Å². The first-order valence-electron chi connectivity index (χ1n) is 8.51. The molecule has 1 saturated heterocycles. The summed E-state index contributed by atoms with van der Waals surface area (Å²) in [6.07, 6.45) is 9.01. The van der Waals surface area contributed by atoms with Crippen LogP contribution in [0.3, 0.4) is 0 Å². The number of likely N-dealkylation sites (tertiary alicyclic amines) is 1. The molecule has 0 aromatic heterocycles. The molecule has 1 amide bonds. The molecule has 0 aromatic rings. The van der Waals surface area contributed by atoms with Crippen LogP contribution in [0.15, 0.2) is 0 Å². The van der Waals surface area contributed by atoms with Crippen LogP contribution < -0.4 is 0 Å². The fourth-order valence-electron chi connectivity index (χ4n) is 6.09. The van der Waals surface area contributed by atoms with Crippen molar-refractivity contribution in [2.24, 2.45) is 29.1 Å². The molecule has 21 heavy (non-hydrogen) atoms. The van der Waals surface area contributed by atoms with Crippen LogP contribution in [0.25, 0.3) is 0 Å². The molecule has 0 spiro atoms. The number of amides is 1. The Morgan fingerprint density at radius 1 is 1.00 bits per heavy atom.